The first-order chi connectivity index (χ1) is 24.4. The summed E-state index contributed by atoms with van der Waals surface area (Å²) in [5.74, 6) is -5.44. The Balaban J connectivity index is 1.55. The van der Waals surface area contributed by atoms with Crippen molar-refractivity contribution >= 4 is 11.9 Å². The molecule has 6 N–H and O–H groups in total. The monoisotopic (exact) mass is 737 g/mol. The Morgan fingerprint density at radius 2 is 1.79 bits per heavy atom. The molecule has 294 valence electrons. The Hall–Kier alpha value is -2.24. The smallest absolute Gasteiger partial charge is 0.330 e. The lowest BCUT2D eigenvalue weighted by molar-refractivity contribution is -0.445. The van der Waals surface area contributed by atoms with Crippen molar-refractivity contribution in [3.05, 3.63) is 35.5 Å². The van der Waals surface area contributed by atoms with E-state index in [9.17, 15) is 40.3 Å². The Kier molecular flexibility index (Phi) is 12.5. The van der Waals surface area contributed by atoms with Gasteiger partial charge in [-0.15, -0.1) is 0 Å². The summed E-state index contributed by atoms with van der Waals surface area (Å²) in [5.41, 5.74) is -1.22. The summed E-state index contributed by atoms with van der Waals surface area (Å²) in [6, 6.07) is -1.14. The number of methoxy groups -OCH3 is 1. The second kappa shape index (κ2) is 15.9. The van der Waals surface area contributed by atoms with E-state index in [1.807, 2.05) is 0 Å². The van der Waals surface area contributed by atoms with E-state index in [0.29, 0.717) is 18.4 Å². The van der Waals surface area contributed by atoms with Gasteiger partial charge in [-0.3, -0.25) is 4.79 Å². The number of ether oxygens (including phenoxy) is 5. The minimum atomic E-state index is -2.07. The maximum absolute atomic E-state index is 13.1. The molecule has 4 fully saturated rings. The fourth-order valence-electron chi connectivity index (χ4n) is 8.37. The van der Waals surface area contributed by atoms with Crippen LogP contribution in [0.5, 0.6) is 0 Å². The van der Waals surface area contributed by atoms with Crippen LogP contribution in [0.3, 0.4) is 0 Å². The van der Waals surface area contributed by atoms with Crippen molar-refractivity contribution in [1.29, 1.82) is 0 Å². The molecular formula is C38H59NO13. The van der Waals surface area contributed by atoms with Crippen molar-refractivity contribution in [1.82, 2.24) is 5.06 Å². The molecule has 5 heterocycles. The van der Waals surface area contributed by atoms with Gasteiger partial charge in [0.05, 0.1) is 56.3 Å². The zero-order valence-electron chi connectivity index (χ0n) is 31.3. The van der Waals surface area contributed by atoms with Gasteiger partial charge in [0.25, 0.3) is 0 Å². The summed E-state index contributed by atoms with van der Waals surface area (Å²) < 4.78 is 29.6. The maximum atomic E-state index is 13.1. The summed E-state index contributed by atoms with van der Waals surface area (Å²) in [7, 11) is 1.21. The summed E-state index contributed by atoms with van der Waals surface area (Å²) in [5, 5.41) is 69.6. The van der Waals surface area contributed by atoms with Gasteiger partial charge in [0.2, 0.25) is 5.79 Å². The first-order valence-electron chi connectivity index (χ1n) is 18.7. The highest BCUT2D eigenvalue weighted by atomic mass is 16.7. The SMILES string of the molecule is CCCC/C=C1\CC2/C=C/C3(C)N(O)C4/C(=C/C(=O)OC)CC(CC(C(C)O)OC(=O)CC(O)CC5CC(O)C(C)(C)C(O)(CC(C1)O2)O5)OC43O. The number of hydrogen-bond donors (Lipinski definition) is 6. The first kappa shape index (κ1) is 40.9. The Morgan fingerprint density at radius 1 is 1.06 bits per heavy atom. The number of esters is 2. The van der Waals surface area contributed by atoms with E-state index in [4.69, 9.17) is 23.7 Å². The topological polar surface area (TPSA) is 205 Å². The second-order valence-corrected chi connectivity index (χ2v) is 16.1. The number of rotatable bonds is 5. The molecule has 0 aromatic heterocycles. The number of aliphatic hydroxyl groups excluding tert-OH is 3. The van der Waals surface area contributed by atoms with Crippen molar-refractivity contribution < 1.29 is 64.0 Å². The molecule has 0 radical (unpaired) electrons. The molecule has 5 aliphatic rings. The van der Waals surface area contributed by atoms with Crippen molar-refractivity contribution in [2.24, 2.45) is 5.41 Å². The van der Waals surface area contributed by atoms with Crippen LogP contribution < -0.4 is 0 Å². The van der Waals surface area contributed by atoms with Crippen LogP contribution in [-0.4, -0.2) is 127 Å². The molecule has 5 aliphatic heterocycles. The van der Waals surface area contributed by atoms with Gasteiger partial charge in [0.15, 0.2) is 5.79 Å². The number of nitrogens with zero attached hydrogens (tertiary/aromatic N) is 1. The van der Waals surface area contributed by atoms with Crippen LogP contribution >= 0.6 is 0 Å². The van der Waals surface area contributed by atoms with Crippen LogP contribution in [-0.2, 0) is 33.3 Å². The molecule has 0 aromatic carbocycles. The zero-order chi connectivity index (χ0) is 38.2. The van der Waals surface area contributed by atoms with E-state index in [1.54, 1.807) is 32.9 Å². The number of hydroxylamine groups is 2. The Morgan fingerprint density at radius 3 is 2.46 bits per heavy atom. The molecule has 12 atom stereocenters. The zero-order valence-corrected chi connectivity index (χ0v) is 31.3. The van der Waals surface area contributed by atoms with Gasteiger partial charge in [-0.25, -0.2) is 4.79 Å². The third-order valence-electron chi connectivity index (χ3n) is 11.9. The lowest BCUT2D eigenvalue weighted by atomic mass is 9.68. The number of carbonyl (C=O) groups is 2. The molecule has 0 spiro atoms. The van der Waals surface area contributed by atoms with Gasteiger partial charge >= 0.3 is 11.9 Å². The van der Waals surface area contributed by atoms with Gasteiger partial charge in [-0.1, -0.05) is 57.4 Å². The molecule has 0 saturated carbocycles. The predicted molar refractivity (Wildman–Crippen MR) is 185 cm³/mol. The number of cyclic esters (lactones) is 1. The molecule has 6 bridgehead atoms. The van der Waals surface area contributed by atoms with E-state index in [-0.39, 0.29) is 32.1 Å². The summed E-state index contributed by atoms with van der Waals surface area (Å²) in [4.78, 5) is 25.5. The van der Waals surface area contributed by atoms with Crippen molar-refractivity contribution in [2.45, 2.75) is 177 Å². The maximum Gasteiger partial charge on any atom is 0.330 e. The van der Waals surface area contributed by atoms with Crippen LogP contribution in [0, 0.1) is 5.41 Å². The molecule has 4 saturated heterocycles. The number of unbranched alkanes of at least 4 members (excludes halogenated alkanes) is 2. The molecule has 12 unspecified atom stereocenters. The molecule has 52 heavy (non-hydrogen) atoms. The van der Waals surface area contributed by atoms with Crippen LogP contribution in [0.2, 0.25) is 0 Å². The summed E-state index contributed by atoms with van der Waals surface area (Å²) >= 11 is 0. The Bertz CT molecular complexity index is 1400. The van der Waals surface area contributed by atoms with Crippen LogP contribution in [0.15, 0.2) is 35.5 Å². The summed E-state index contributed by atoms with van der Waals surface area (Å²) in [6.07, 6.45) is 2.95. The third kappa shape index (κ3) is 8.07. The molecule has 0 aromatic rings. The number of fused-ring (bicyclic) bond motifs is 5. The highest BCUT2D eigenvalue weighted by molar-refractivity contribution is 5.83. The quantitative estimate of drug-likeness (QED) is 0.104. The minimum absolute atomic E-state index is 0.000891. The highest BCUT2D eigenvalue weighted by Crippen LogP contribution is 2.54. The van der Waals surface area contributed by atoms with E-state index in [1.165, 1.54) is 20.1 Å². The second-order valence-electron chi connectivity index (χ2n) is 16.1. The number of allylic oxidation sites excluding steroid dienone is 1. The van der Waals surface area contributed by atoms with E-state index in [2.05, 4.69) is 13.0 Å². The molecular weight excluding hydrogens is 678 g/mol. The molecule has 0 amide bonds. The predicted octanol–water partition coefficient (Wildman–Crippen LogP) is 2.71. The van der Waals surface area contributed by atoms with Crippen molar-refractivity contribution in [2.75, 3.05) is 7.11 Å². The van der Waals surface area contributed by atoms with Crippen molar-refractivity contribution in [3.8, 4) is 0 Å². The molecule has 14 nitrogen and oxygen atoms in total. The largest absolute Gasteiger partial charge is 0.466 e. The van der Waals surface area contributed by atoms with E-state index < -0.39 is 95.8 Å². The lowest BCUT2D eigenvalue weighted by Gasteiger charge is -2.66. The van der Waals surface area contributed by atoms with Gasteiger partial charge in [-0.05, 0) is 45.1 Å². The van der Waals surface area contributed by atoms with E-state index >= 15 is 0 Å². The number of carbonyl (C=O) groups excluding carboxylic acids is 2. The highest BCUT2D eigenvalue weighted by Gasteiger charge is 2.72. The number of aliphatic hydroxyl groups is 5. The van der Waals surface area contributed by atoms with Gasteiger partial charge < -0.3 is 54.4 Å². The van der Waals surface area contributed by atoms with Crippen LogP contribution in [0.1, 0.15) is 105 Å². The van der Waals surface area contributed by atoms with E-state index in [0.717, 1.165) is 29.9 Å². The Labute approximate surface area is 306 Å². The normalized spacial score (nSPS) is 44.3. The molecule has 0 aliphatic carbocycles. The van der Waals surface area contributed by atoms with Crippen LogP contribution in [0.25, 0.3) is 0 Å². The van der Waals surface area contributed by atoms with Gasteiger partial charge in [0, 0.05) is 37.2 Å². The fraction of sp³-hybridized carbons (Fsp3) is 0.789. The van der Waals surface area contributed by atoms with Crippen LogP contribution in [0.4, 0.5) is 0 Å². The average molecular weight is 738 g/mol. The fourth-order valence-corrected chi connectivity index (χ4v) is 8.37. The minimum Gasteiger partial charge on any atom is -0.466 e. The third-order valence-corrected chi connectivity index (χ3v) is 11.9. The lowest BCUT2D eigenvalue weighted by Crippen LogP contribution is -2.85. The molecule has 5 rings (SSSR count). The van der Waals surface area contributed by atoms with Crippen molar-refractivity contribution in [3.63, 3.8) is 0 Å². The van der Waals surface area contributed by atoms with Gasteiger partial charge in [-0.2, -0.15) is 5.06 Å². The molecule has 14 heteroatoms. The van der Waals surface area contributed by atoms with Gasteiger partial charge in [0.1, 0.15) is 17.7 Å². The number of hydrogen-bond acceptors (Lipinski definition) is 14. The standard InChI is InChI=1S/C38H59NO13/c1-7-8-9-10-23-13-26-11-12-36(5)38(46)34(39(36)47)24(16-32(43)48-6)15-27(52-38)19-30(22(2)40)50-33(44)18-25(41)17-28-20-31(42)35(3,4)37(45,51-28)21-29(14-23)49-26/h10-12,16,22,25-31,34,40-42,45-47H,7-9,13-15,17-21H2,1-6H3/b12-11+,23-10+,24-16+. The first-order valence-corrected chi connectivity index (χ1v) is 18.7. The summed E-state index contributed by atoms with van der Waals surface area (Å²) in [6.45, 7) is 8.58. The average Bonchev–Trinajstić information content (AvgIpc) is 3.05.